The molecule has 0 aliphatic carbocycles. The Bertz CT molecular complexity index is 813. The average molecular weight is 291 g/mol. The summed E-state index contributed by atoms with van der Waals surface area (Å²) in [6, 6.07) is 11.7. The topological polar surface area (TPSA) is 59.2 Å². The van der Waals surface area contributed by atoms with Gasteiger partial charge in [0.05, 0.1) is 6.20 Å². The maximum Gasteiger partial charge on any atom is 0.296 e. The first-order valence-electron chi connectivity index (χ1n) is 7.09. The van der Waals surface area contributed by atoms with Crippen LogP contribution in [-0.4, -0.2) is 22.6 Å². The predicted molar refractivity (Wildman–Crippen MR) is 81.6 cm³/mol. The monoisotopic (exact) mass is 291 g/mol. The van der Waals surface area contributed by atoms with Crippen molar-refractivity contribution in [2.45, 2.75) is 6.42 Å². The molecule has 1 aliphatic rings. The van der Waals surface area contributed by atoms with E-state index in [1.54, 1.807) is 23.4 Å². The highest BCUT2D eigenvalue weighted by atomic mass is 16.5. The van der Waals surface area contributed by atoms with Crippen molar-refractivity contribution < 1.29 is 9.32 Å². The standard InChI is InChI=1S/C17H13N3O2/c21-17(16-5-9-19-22-16)20-10-6-14-11-13(1-2-15(14)20)12-3-7-18-8-4-12/h1-5,7-9,11H,6,10H2. The number of benzene rings is 1. The van der Waals surface area contributed by atoms with Crippen molar-refractivity contribution in [3.05, 3.63) is 66.3 Å². The molecule has 3 aromatic rings. The number of hydrogen-bond acceptors (Lipinski definition) is 4. The van der Waals surface area contributed by atoms with Gasteiger partial charge in [-0.25, -0.2) is 0 Å². The molecule has 4 rings (SSSR count). The molecule has 1 amide bonds. The molecule has 5 nitrogen and oxygen atoms in total. The number of pyridine rings is 1. The summed E-state index contributed by atoms with van der Waals surface area (Å²) < 4.78 is 4.97. The van der Waals surface area contributed by atoms with E-state index in [1.165, 1.54) is 11.8 Å². The van der Waals surface area contributed by atoms with Crippen molar-refractivity contribution in [2.75, 3.05) is 11.4 Å². The first kappa shape index (κ1) is 12.8. The van der Waals surface area contributed by atoms with Crippen molar-refractivity contribution in [3.8, 4) is 11.1 Å². The lowest BCUT2D eigenvalue weighted by atomic mass is 10.0. The number of anilines is 1. The highest BCUT2D eigenvalue weighted by Gasteiger charge is 2.27. The molecule has 0 radical (unpaired) electrons. The third kappa shape index (κ3) is 2.07. The Kier molecular flexibility index (Phi) is 2.96. The Morgan fingerprint density at radius 2 is 1.91 bits per heavy atom. The van der Waals surface area contributed by atoms with E-state index < -0.39 is 0 Å². The highest BCUT2D eigenvalue weighted by molar-refractivity contribution is 6.05. The molecule has 0 bridgehead atoms. The third-order valence-corrected chi connectivity index (χ3v) is 3.88. The third-order valence-electron chi connectivity index (χ3n) is 3.88. The van der Waals surface area contributed by atoms with E-state index in [1.807, 2.05) is 24.3 Å². The van der Waals surface area contributed by atoms with E-state index in [2.05, 4.69) is 16.2 Å². The average Bonchev–Trinajstić information content (AvgIpc) is 3.24. The number of amides is 1. The summed E-state index contributed by atoms with van der Waals surface area (Å²) in [6.45, 7) is 0.661. The first-order chi connectivity index (χ1) is 10.8. The Morgan fingerprint density at radius 3 is 2.68 bits per heavy atom. The van der Waals surface area contributed by atoms with Crippen molar-refractivity contribution in [2.24, 2.45) is 0 Å². The quantitative estimate of drug-likeness (QED) is 0.728. The van der Waals surface area contributed by atoms with Gasteiger partial charge in [0.2, 0.25) is 5.76 Å². The van der Waals surface area contributed by atoms with Gasteiger partial charge < -0.3 is 9.42 Å². The van der Waals surface area contributed by atoms with Crippen molar-refractivity contribution in [1.29, 1.82) is 0 Å². The van der Waals surface area contributed by atoms with Crippen molar-refractivity contribution >= 4 is 11.6 Å². The van der Waals surface area contributed by atoms with Crippen LogP contribution in [0.15, 0.2) is 59.5 Å². The van der Waals surface area contributed by atoms with Gasteiger partial charge in [0.1, 0.15) is 0 Å². The van der Waals surface area contributed by atoms with Crippen molar-refractivity contribution in [1.82, 2.24) is 10.1 Å². The second-order valence-electron chi connectivity index (χ2n) is 5.16. The molecule has 0 saturated heterocycles. The van der Waals surface area contributed by atoms with Gasteiger partial charge >= 0.3 is 0 Å². The zero-order valence-electron chi connectivity index (χ0n) is 11.8. The molecule has 0 N–H and O–H groups in total. The van der Waals surface area contributed by atoms with E-state index in [0.717, 1.165) is 23.2 Å². The second kappa shape index (κ2) is 5.11. The van der Waals surface area contributed by atoms with Crippen LogP contribution in [-0.2, 0) is 6.42 Å². The largest absolute Gasteiger partial charge is 0.351 e. The van der Waals surface area contributed by atoms with Gasteiger partial charge in [-0.1, -0.05) is 11.2 Å². The van der Waals surface area contributed by atoms with Crippen LogP contribution in [0.4, 0.5) is 5.69 Å². The molecule has 2 aromatic heterocycles. The van der Waals surface area contributed by atoms with E-state index in [0.29, 0.717) is 6.54 Å². The van der Waals surface area contributed by atoms with E-state index in [4.69, 9.17) is 4.52 Å². The lowest BCUT2D eigenvalue weighted by Gasteiger charge is -2.15. The molecular formula is C17H13N3O2. The van der Waals surface area contributed by atoms with Crippen LogP contribution in [0.3, 0.4) is 0 Å². The number of nitrogens with zero attached hydrogens (tertiary/aromatic N) is 3. The normalized spacial score (nSPS) is 13.2. The Balaban J connectivity index is 1.68. The van der Waals surface area contributed by atoms with Crippen LogP contribution >= 0.6 is 0 Å². The lowest BCUT2D eigenvalue weighted by molar-refractivity contribution is 0.0954. The number of aromatic nitrogens is 2. The van der Waals surface area contributed by atoms with Gasteiger partial charge in [-0.15, -0.1) is 0 Å². The second-order valence-corrected chi connectivity index (χ2v) is 5.16. The van der Waals surface area contributed by atoms with Crippen LogP contribution in [0.2, 0.25) is 0 Å². The summed E-state index contributed by atoms with van der Waals surface area (Å²) in [6.07, 6.45) is 5.88. The lowest BCUT2D eigenvalue weighted by Crippen LogP contribution is -2.28. The maximum absolute atomic E-state index is 12.4. The molecule has 1 aliphatic heterocycles. The van der Waals surface area contributed by atoms with Gasteiger partial charge in [-0.05, 0) is 47.4 Å². The van der Waals surface area contributed by atoms with Crippen LogP contribution in [0.25, 0.3) is 11.1 Å². The predicted octanol–water partition coefficient (Wildman–Crippen LogP) is 2.94. The van der Waals surface area contributed by atoms with Gasteiger partial charge in [0.25, 0.3) is 5.91 Å². The van der Waals surface area contributed by atoms with E-state index in [-0.39, 0.29) is 11.7 Å². The van der Waals surface area contributed by atoms with Crippen molar-refractivity contribution in [3.63, 3.8) is 0 Å². The number of carbonyl (C=O) groups is 1. The zero-order valence-corrected chi connectivity index (χ0v) is 11.8. The summed E-state index contributed by atoms with van der Waals surface area (Å²) in [5.41, 5.74) is 4.37. The summed E-state index contributed by atoms with van der Waals surface area (Å²) in [7, 11) is 0. The zero-order chi connectivity index (χ0) is 14.9. The number of fused-ring (bicyclic) bond motifs is 1. The molecule has 22 heavy (non-hydrogen) atoms. The molecule has 0 saturated carbocycles. The molecule has 3 heterocycles. The van der Waals surface area contributed by atoms with Gasteiger partial charge in [-0.2, -0.15) is 0 Å². The molecule has 0 fully saturated rings. The van der Waals surface area contributed by atoms with Crippen LogP contribution in [0.1, 0.15) is 16.1 Å². The fraction of sp³-hybridized carbons (Fsp3) is 0.118. The smallest absolute Gasteiger partial charge is 0.296 e. The molecular weight excluding hydrogens is 278 g/mol. The van der Waals surface area contributed by atoms with Crippen LogP contribution in [0, 0.1) is 0 Å². The highest BCUT2D eigenvalue weighted by Crippen LogP contribution is 2.33. The molecule has 0 atom stereocenters. The fourth-order valence-corrected chi connectivity index (χ4v) is 2.80. The Hall–Kier alpha value is -2.95. The van der Waals surface area contributed by atoms with Crippen LogP contribution < -0.4 is 4.90 Å². The Labute approximate surface area is 127 Å². The molecule has 0 unspecified atom stereocenters. The summed E-state index contributed by atoms with van der Waals surface area (Å²) in [5.74, 6) is 0.124. The van der Waals surface area contributed by atoms with E-state index >= 15 is 0 Å². The molecule has 108 valence electrons. The molecule has 0 spiro atoms. The first-order valence-corrected chi connectivity index (χ1v) is 7.09. The SMILES string of the molecule is O=C(c1ccno1)N1CCc2cc(-c3ccncc3)ccc21. The number of hydrogen-bond donors (Lipinski definition) is 0. The van der Waals surface area contributed by atoms with Gasteiger partial charge in [0.15, 0.2) is 0 Å². The minimum absolute atomic E-state index is 0.145. The summed E-state index contributed by atoms with van der Waals surface area (Å²) in [4.78, 5) is 18.2. The summed E-state index contributed by atoms with van der Waals surface area (Å²) in [5, 5.41) is 3.60. The molecule has 5 heteroatoms. The number of rotatable bonds is 2. The maximum atomic E-state index is 12.4. The van der Waals surface area contributed by atoms with Crippen LogP contribution in [0.5, 0.6) is 0 Å². The van der Waals surface area contributed by atoms with E-state index in [9.17, 15) is 4.79 Å². The number of carbonyl (C=O) groups excluding carboxylic acids is 1. The van der Waals surface area contributed by atoms with Gasteiger partial charge in [0, 0.05) is 30.7 Å². The fourth-order valence-electron chi connectivity index (χ4n) is 2.80. The summed E-state index contributed by atoms with van der Waals surface area (Å²) >= 11 is 0. The van der Waals surface area contributed by atoms with Gasteiger partial charge in [-0.3, -0.25) is 9.78 Å². The molecule has 1 aromatic carbocycles. The minimum Gasteiger partial charge on any atom is -0.351 e. The minimum atomic E-state index is -0.145. The Morgan fingerprint density at radius 1 is 1.05 bits per heavy atom.